The number of carbonyl (C=O) groups is 1. The zero-order valence-electron chi connectivity index (χ0n) is 11.2. The molecule has 98 valence electrons. The minimum atomic E-state index is -0.566. The molecule has 0 saturated heterocycles. The third-order valence-corrected chi connectivity index (χ3v) is 3.99. The van der Waals surface area contributed by atoms with Gasteiger partial charge in [0.15, 0.2) is 0 Å². The zero-order chi connectivity index (χ0) is 13.2. The molecule has 0 aromatic heterocycles. The molecule has 0 bridgehead atoms. The number of anilines is 1. The molecular formula is C15H22N2O. The van der Waals surface area contributed by atoms with Gasteiger partial charge in [-0.2, -0.15) is 0 Å². The molecule has 18 heavy (non-hydrogen) atoms. The third kappa shape index (κ3) is 2.50. The van der Waals surface area contributed by atoms with Crippen LogP contribution in [0.25, 0.3) is 0 Å². The van der Waals surface area contributed by atoms with Gasteiger partial charge in [0.2, 0.25) is 5.91 Å². The van der Waals surface area contributed by atoms with Gasteiger partial charge >= 0.3 is 0 Å². The smallest absolute Gasteiger partial charge is 0.243 e. The molecule has 2 unspecified atom stereocenters. The maximum absolute atomic E-state index is 11.9. The number of amides is 1. The average molecular weight is 246 g/mol. The quantitative estimate of drug-likeness (QED) is 0.861. The van der Waals surface area contributed by atoms with Crippen LogP contribution in [0, 0.1) is 12.8 Å². The van der Waals surface area contributed by atoms with Crippen molar-refractivity contribution in [1.29, 1.82) is 0 Å². The molecule has 0 radical (unpaired) electrons. The van der Waals surface area contributed by atoms with E-state index in [-0.39, 0.29) is 5.91 Å². The van der Waals surface area contributed by atoms with E-state index in [1.165, 1.54) is 6.42 Å². The number of hydrogen-bond donors (Lipinski definition) is 2. The van der Waals surface area contributed by atoms with Crippen molar-refractivity contribution in [1.82, 2.24) is 0 Å². The molecule has 0 aliphatic heterocycles. The molecule has 2 rings (SSSR count). The lowest BCUT2D eigenvalue weighted by Crippen LogP contribution is -2.53. The normalized spacial score (nSPS) is 27.8. The van der Waals surface area contributed by atoms with Gasteiger partial charge in [0, 0.05) is 5.69 Å². The third-order valence-electron chi connectivity index (χ3n) is 3.99. The second-order valence-electron chi connectivity index (χ2n) is 5.59. The summed E-state index contributed by atoms with van der Waals surface area (Å²) in [5, 5.41) is 3.42. The standard InChI is InChI=1S/C15H22N2O/c1-11-6-5-9-15(10-11,14(16)18)17-13-8-4-3-7-12(13)2/h3-4,7-8,11,17H,5-6,9-10H2,1-2H3,(H2,16,18). The van der Waals surface area contributed by atoms with Gasteiger partial charge in [-0.25, -0.2) is 0 Å². The largest absolute Gasteiger partial charge is 0.371 e. The van der Waals surface area contributed by atoms with Crippen molar-refractivity contribution in [3.05, 3.63) is 29.8 Å². The maximum atomic E-state index is 11.9. The first-order valence-corrected chi connectivity index (χ1v) is 6.67. The summed E-state index contributed by atoms with van der Waals surface area (Å²) in [6.07, 6.45) is 3.91. The molecule has 1 aliphatic carbocycles. The molecular weight excluding hydrogens is 224 g/mol. The Morgan fingerprint density at radius 1 is 1.44 bits per heavy atom. The van der Waals surface area contributed by atoms with Crippen LogP contribution in [0.1, 0.15) is 38.2 Å². The molecule has 1 aliphatic rings. The lowest BCUT2D eigenvalue weighted by Gasteiger charge is -2.39. The molecule has 3 nitrogen and oxygen atoms in total. The van der Waals surface area contributed by atoms with E-state index < -0.39 is 5.54 Å². The molecule has 2 atom stereocenters. The lowest BCUT2D eigenvalue weighted by atomic mass is 9.75. The van der Waals surface area contributed by atoms with Gasteiger partial charge in [0.25, 0.3) is 0 Å². The molecule has 3 heteroatoms. The number of rotatable bonds is 3. The van der Waals surface area contributed by atoms with Crippen molar-refractivity contribution in [3.63, 3.8) is 0 Å². The van der Waals surface area contributed by atoms with Gasteiger partial charge in [-0.1, -0.05) is 38.0 Å². The Kier molecular flexibility index (Phi) is 3.60. The Balaban J connectivity index is 2.26. The summed E-state index contributed by atoms with van der Waals surface area (Å²) >= 11 is 0. The van der Waals surface area contributed by atoms with Crippen molar-refractivity contribution in [2.75, 3.05) is 5.32 Å². The van der Waals surface area contributed by atoms with Gasteiger partial charge < -0.3 is 11.1 Å². The van der Waals surface area contributed by atoms with Crippen molar-refractivity contribution in [2.24, 2.45) is 11.7 Å². The highest BCUT2D eigenvalue weighted by molar-refractivity contribution is 5.88. The van der Waals surface area contributed by atoms with Gasteiger partial charge in [0.1, 0.15) is 5.54 Å². The topological polar surface area (TPSA) is 55.1 Å². The summed E-state index contributed by atoms with van der Waals surface area (Å²) in [5.41, 5.74) is 7.26. The van der Waals surface area contributed by atoms with E-state index in [0.717, 1.165) is 30.5 Å². The number of carbonyl (C=O) groups excluding carboxylic acids is 1. The Bertz CT molecular complexity index is 444. The van der Waals surface area contributed by atoms with Crippen LogP contribution in [0.4, 0.5) is 5.69 Å². The number of primary amides is 1. The van der Waals surface area contributed by atoms with Crippen LogP contribution in [0.5, 0.6) is 0 Å². The number of aryl methyl sites for hydroxylation is 1. The highest BCUT2D eigenvalue weighted by Gasteiger charge is 2.40. The molecule has 1 aromatic carbocycles. The van der Waals surface area contributed by atoms with Crippen LogP contribution in [-0.4, -0.2) is 11.4 Å². The van der Waals surface area contributed by atoms with E-state index in [1.807, 2.05) is 31.2 Å². The Hall–Kier alpha value is -1.51. The predicted octanol–water partition coefficient (Wildman–Crippen LogP) is 2.84. The second-order valence-corrected chi connectivity index (χ2v) is 5.59. The van der Waals surface area contributed by atoms with Crippen molar-refractivity contribution in [3.8, 4) is 0 Å². The molecule has 1 amide bonds. The van der Waals surface area contributed by atoms with Gasteiger partial charge in [-0.3, -0.25) is 4.79 Å². The number of hydrogen-bond acceptors (Lipinski definition) is 2. The summed E-state index contributed by atoms with van der Waals surface area (Å²) in [7, 11) is 0. The molecule has 1 fully saturated rings. The van der Waals surface area contributed by atoms with E-state index in [2.05, 4.69) is 12.2 Å². The molecule has 1 aromatic rings. The van der Waals surface area contributed by atoms with Gasteiger partial charge in [-0.05, 0) is 37.3 Å². The van der Waals surface area contributed by atoms with Gasteiger partial charge in [-0.15, -0.1) is 0 Å². The van der Waals surface area contributed by atoms with Crippen LogP contribution in [0.15, 0.2) is 24.3 Å². The summed E-state index contributed by atoms with van der Waals surface area (Å²) in [4.78, 5) is 11.9. The number of nitrogens with two attached hydrogens (primary N) is 1. The van der Waals surface area contributed by atoms with Crippen LogP contribution < -0.4 is 11.1 Å². The summed E-state index contributed by atoms with van der Waals surface area (Å²) < 4.78 is 0. The highest BCUT2D eigenvalue weighted by Crippen LogP contribution is 2.35. The molecule has 0 heterocycles. The van der Waals surface area contributed by atoms with Crippen molar-refractivity contribution in [2.45, 2.75) is 45.1 Å². The maximum Gasteiger partial charge on any atom is 0.243 e. The zero-order valence-corrected chi connectivity index (χ0v) is 11.2. The molecule has 1 saturated carbocycles. The molecule has 3 N–H and O–H groups in total. The SMILES string of the molecule is Cc1ccccc1NC1(C(N)=O)CCCC(C)C1. The van der Waals surface area contributed by atoms with E-state index in [1.54, 1.807) is 0 Å². The van der Waals surface area contributed by atoms with E-state index in [4.69, 9.17) is 5.73 Å². The summed E-state index contributed by atoms with van der Waals surface area (Å²) in [5.74, 6) is 0.320. The van der Waals surface area contributed by atoms with E-state index >= 15 is 0 Å². The number of benzene rings is 1. The fourth-order valence-corrected chi connectivity index (χ4v) is 2.92. The Labute approximate surface area is 109 Å². The predicted molar refractivity (Wildman–Crippen MR) is 74.4 cm³/mol. The first-order valence-electron chi connectivity index (χ1n) is 6.67. The number of para-hydroxylation sites is 1. The lowest BCUT2D eigenvalue weighted by molar-refractivity contribution is -0.123. The minimum Gasteiger partial charge on any atom is -0.371 e. The average Bonchev–Trinajstić information content (AvgIpc) is 2.32. The van der Waals surface area contributed by atoms with E-state index in [9.17, 15) is 4.79 Å². The van der Waals surface area contributed by atoms with E-state index in [0.29, 0.717) is 5.92 Å². The Morgan fingerprint density at radius 2 is 2.17 bits per heavy atom. The van der Waals surface area contributed by atoms with Crippen LogP contribution in [0.2, 0.25) is 0 Å². The van der Waals surface area contributed by atoms with Crippen LogP contribution >= 0.6 is 0 Å². The second kappa shape index (κ2) is 5.01. The van der Waals surface area contributed by atoms with Crippen LogP contribution in [-0.2, 0) is 4.79 Å². The number of nitrogens with one attached hydrogen (secondary N) is 1. The monoisotopic (exact) mass is 246 g/mol. The minimum absolute atomic E-state index is 0.225. The summed E-state index contributed by atoms with van der Waals surface area (Å²) in [6, 6.07) is 8.04. The molecule has 0 spiro atoms. The first-order chi connectivity index (χ1) is 8.53. The fourth-order valence-electron chi connectivity index (χ4n) is 2.92. The van der Waals surface area contributed by atoms with Crippen molar-refractivity contribution >= 4 is 11.6 Å². The van der Waals surface area contributed by atoms with Crippen LogP contribution in [0.3, 0.4) is 0 Å². The highest BCUT2D eigenvalue weighted by atomic mass is 16.1. The summed E-state index contributed by atoms with van der Waals surface area (Å²) in [6.45, 7) is 4.24. The Morgan fingerprint density at radius 3 is 2.78 bits per heavy atom. The first kappa shape index (κ1) is 12.9. The van der Waals surface area contributed by atoms with Crippen molar-refractivity contribution < 1.29 is 4.79 Å². The van der Waals surface area contributed by atoms with Gasteiger partial charge in [0.05, 0.1) is 0 Å². The fraction of sp³-hybridized carbons (Fsp3) is 0.533.